The number of carbonyl (C=O) groups is 2. The van der Waals surface area contributed by atoms with Crippen molar-refractivity contribution in [2.45, 2.75) is 322 Å². The molecule has 2 unspecified atom stereocenters. The molecular weight excluding hydrogens is 906 g/mol. The Bertz CT molecular complexity index is 1210. The van der Waals surface area contributed by atoms with Crippen LogP contribution in [0.2, 0.25) is 0 Å². The summed E-state index contributed by atoms with van der Waals surface area (Å²) in [5.74, 6) is -0.828. The summed E-state index contributed by atoms with van der Waals surface area (Å²) in [6.45, 7) is 4.20. The van der Waals surface area contributed by atoms with Gasteiger partial charge in [-0.1, -0.05) is 276 Å². The Labute approximate surface area is 441 Å². The van der Waals surface area contributed by atoms with Crippen molar-refractivity contribution in [3.63, 3.8) is 0 Å². The van der Waals surface area contributed by atoms with Gasteiger partial charge in [0, 0.05) is 12.8 Å². The number of rotatable bonds is 58. The average Bonchev–Trinajstić information content (AvgIpc) is 3.33. The molecule has 0 aromatic rings. The molecule has 0 N–H and O–H groups in total. The molecule has 0 saturated carbocycles. The third-order valence-corrected chi connectivity index (χ3v) is 15.0. The second-order valence-electron chi connectivity index (χ2n) is 22.4. The number of carbonyl (C=O) groups excluding carboxylic acids is 2. The Kier molecular flexibility index (Phi) is 52.6. The van der Waals surface area contributed by atoms with Crippen molar-refractivity contribution in [1.29, 1.82) is 0 Å². The van der Waals surface area contributed by atoms with E-state index < -0.39 is 26.5 Å². The smallest absolute Gasteiger partial charge is 0.306 e. The van der Waals surface area contributed by atoms with E-state index in [0.29, 0.717) is 17.4 Å². The SMILES string of the molecule is CCCCCCCCCC/C=C\CCCCCCCCCCCCCCCCCCCCCCCCCCCCCCCC(=O)OC(COC(=O)CCCCCCCC)COP(=O)([O-])OCC[N+](C)(C)C. The van der Waals surface area contributed by atoms with Crippen molar-refractivity contribution in [3.8, 4) is 0 Å². The fraction of sp³-hybridized carbons (Fsp3) is 0.934. The van der Waals surface area contributed by atoms with Crippen LogP contribution < -0.4 is 4.89 Å². The average molecular weight is 1030 g/mol. The molecule has 0 rings (SSSR count). The number of phosphoric acid groups is 1. The topological polar surface area (TPSA) is 111 Å². The predicted octanol–water partition coefficient (Wildman–Crippen LogP) is 18.6. The van der Waals surface area contributed by atoms with E-state index in [1.807, 2.05) is 21.1 Å². The maximum atomic E-state index is 12.7. The Morgan fingerprint density at radius 2 is 0.718 bits per heavy atom. The lowest BCUT2D eigenvalue weighted by Gasteiger charge is -2.28. The van der Waals surface area contributed by atoms with E-state index in [4.69, 9.17) is 18.5 Å². The number of hydrogen-bond donors (Lipinski definition) is 0. The van der Waals surface area contributed by atoms with Gasteiger partial charge in [0.25, 0.3) is 7.82 Å². The third kappa shape index (κ3) is 57.9. The molecule has 0 aliphatic heterocycles. The zero-order valence-electron chi connectivity index (χ0n) is 48.0. The monoisotopic (exact) mass is 1030 g/mol. The van der Waals surface area contributed by atoms with Crippen LogP contribution in [-0.4, -0.2) is 70.0 Å². The van der Waals surface area contributed by atoms with Crippen molar-refractivity contribution in [2.24, 2.45) is 0 Å². The molecular formula is C61H120NO8P. The number of ether oxygens (including phenoxy) is 2. The predicted molar refractivity (Wildman–Crippen MR) is 301 cm³/mol. The highest BCUT2D eigenvalue weighted by Gasteiger charge is 2.22. The molecule has 0 aromatic heterocycles. The summed E-state index contributed by atoms with van der Waals surface area (Å²) in [5.41, 5.74) is 0. The second-order valence-corrected chi connectivity index (χ2v) is 23.8. The van der Waals surface area contributed by atoms with Gasteiger partial charge in [0.2, 0.25) is 0 Å². The minimum atomic E-state index is -4.62. The molecule has 0 aromatic carbocycles. The van der Waals surface area contributed by atoms with Crippen molar-refractivity contribution in [1.82, 2.24) is 0 Å². The summed E-state index contributed by atoms with van der Waals surface area (Å²) in [7, 11) is 1.18. The first-order valence-corrected chi connectivity index (χ1v) is 32.4. The van der Waals surface area contributed by atoms with E-state index >= 15 is 0 Å². The number of quaternary nitrogens is 1. The molecule has 0 aliphatic carbocycles. The van der Waals surface area contributed by atoms with Crippen molar-refractivity contribution in [3.05, 3.63) is 12.2 Å². The molecule has 71 heavy (non-hydrogen) atoms. The third-order valence-electron chi connectivity index (χ3n) is 14.0. The summed E-state index contributed by atoms with van der Waals surface area (Å²) in [4.78, 5) is 37.4. The lowest BCUT2D eigenvalue weighted by molar-refractivity contribution is -0.870. The van der Waals surface area contributed by atoms with Crippen LogP contribution >= 0.6 is 7.82 Å². The molecule has 9 nitrogen and oxygen atoms in total. The van der Waals surface area contributed by atoms with Gasteiger partial charge in [0.05, 0.1) is 27.7 Å². The molecule has 422 valence electrons. The molecule has 0 heterocycles. The van der Waals surface area contributed by atoms with Gasteiger partial charge < -0.3 is 27.9 Å². The van der Waals surface area contributed by atoms with E-state index in [1.165, 1.54) is 244 Å². The standard InChI is InChI=1S/C61H120NO8P/c1-6-8-10-12-14-15-16-17-18-19-20-21-22-23-24-25-26-27-28-29-30-31-32-33-34-35-36-37-38-39-40-41-42-43-44-45-46-47-48-50-52-54-61(64)70-59(57-67-60(63)53-51-49-13-11-9-7-2)58-69-71(65,66)68-56-55-62(3,4)5/h19-20,59H,6-18,21-58H2,1-5H3/b20-19-. The molecule has 0 radical (unpaired) electrons. The highest BCUT2D eigenvalue weighted by molar-refractivity contribution is 7.45. The Morgan fingerprint density at radius 3 is 1.04 bits per heavy atom. The van der Waals surface area contributed by atoms with Gasteiger partial charge in [0.1, 0.15) is 19.8 Å². The van der Waals surface area contributed by atoms with Crippen LogP contribution in [0.15, 0.2) is 12.2 Å². The van der Waals surface area contributed by atoms with Gasteiger partial charge in [-0.15, -0.1) is 0 Å². The molecule has 0 bridgehead atoms. The summed E-state index contributed by atoms with van der Waals surface area (Å²) in [6.07, 6.45) is 63.6. The highest BCUT2D eigenvalue weighted by Crippen LogP contribution is 2.38. The van der Waals surface area contributed by atoms with Crippen LogP contribution in [0.1, 0.15) is 316 Å². The Balaban J connectivity index is 3.67. The van der Waals surface area contributed by atoms with E-state index in [2.05, 4.69) is 26.0 Å². The zero-order chi connectivity index (χ0) is 52.0. The number of unbranched alkanes of at least 4 members (excludes halogenated alkanes) is 42. The molecule has 0 saturated heterocycles. The minimum absolute atomic E-state index is 0.0266. The largest absolute Gasteiger partial charge is 0.756 e. The number of allylic oxidation sites excluding steroid dienone is 2. The summed E-state index contributed by atoms with van der Waals surface area (Å²) in [6, 6.07) is 0. The number of likely N-dealkylation sites (N-methyl/N-ethyl adjacent to an activating group) is 1. The van der Waals surface area contributed by atoms with Gasteiger partial charge in [-0.05, 0) is 38.5 Å². The minimum Gasteiger partial charge on any atom is -0.756 e. The van der Waals surface area contributed by atoms with E-state index in [9.17, 15) is 19.0 Å². The number of nitrogens with zero attached hydrogens (tertiary/aromatic N) is 1. The first-order valence-electron chi connectivity index (χ1n) is 30.9. The van der Waals surface area contributed by atoms with Crippen LogP contribution in [0, 0.1) is 0 Å². The van der Waals surface area contributed by atoms with E-state index in [1.54, 1.807) is 0 Å². The van der Waals surface area contributed by atoms with Gasteiger partial charge >= 0.3 is 11.9 Å². The number of phosphoric ester groups is 1. The molecule has 0 fully saturated rings. The number of esters is 2. The van der Waals surface area contributed by atoms with Crippen LogP contribution in [0.5, 0.6) is 0 Å². The highest BCUT2D eigenvalue weighted by atomic mass is 31.2. The van der Waals surface area contributed by atoms with Gasteiger partial charge in [-0.25, -0.2) is 0 Å². The Hall–Kier alpha value is -1.25. The zero-order valence-corrected chi connectivity index (χ0v) is 48.8. The summed E-state index contributed by atoms with van der Waals surface area (Å²) < 4.78 is 33.9. The maximum absolute atomic E-state index is 12.7. The van der Waals surface area contributed by atoms with Crippen LogP contribution in [0.4, 0.5) is 0 Å². The van der Waals surface area contributed by atoms with E-state index in [-0.39, 0.29) is 32.0 Å². The number of hydrogen-bond acceptors (Lipinski definition) is 8. The summed E-state index contributed by atoms with van der Waals surface area (Å²) in [5, 5.41) is 0. The fourth-order valence-corrected chi connectivity index (χ4v) is 9.97. The molecule has 0 aliphatic rings. The second kappa shape index (κ2) is 53.6. The molecule has 2 atom stereocenters. The van der Waals surface area contributed by atoms with Crippen molar-refractivity contribution < 1.29 is 42.1 Å². The summed E-state index contributed by atoms with van der Waals surface area (Å²) >= 11 is 0. The normalized spacial score (nSPS) is 13.3. The first-order chi connectivity index (χ1) is 34.5. The fourth-order valence-electron chi connectivity index (χ4n) is 9.24. The molecule has 10 heteroatoms. The van der Waals surface area contributed by atoms with Gasteiger partial charge in [-0.3, -0.25) is 14.2 Å². The molecule has 0 amide bonds. The van der Waals surface area contributed by atoms with E-state index in [0.717, 1.165) is 38.5 Å². The Morgan fingerprint density at radius 1 is 0.423 bits per heavy atom. The van der Waals surface area contributed by atoms with Crippen LogP contribution in [-0.2, 0) is 32.7 Å². The maximum Gasteiger partial charge on any atom is 0.306 e. The van der Waals surface area contributed by atoms with Crippen molar-refractivity contribution in [2.75, 3.05) is 47.5 Å². The van der Waals surface area contributed by atoms with Gasteiger partial charge in [-0.2, -0.15) is 0 Å². The lowest BCUT2D eigenvalue weighted by Crippen LogP contribution is -2.37. The first kappa shape index (κ1) is 69.8. The van der Waals surface area contributed by atoms with Crippen LogP contribution in [0.3, 0.4) is 0 Å². The lowest BCUT2D eigenvalue weighted by atomic mass is 10.0. The van der Waals surface area contributed by atoms with Crippen LogP contribution in [0.25, 0.3) is 0 Å². The van der Waals surface area contributed by atoms with Gasteiger partial charge in [0.15, 0.2) is 6.10 Å². The molecule has 0 spiro atoms. The van der Waals surface area contributed by atoms with Crippen molar-refractivity contribution >= 4 is 19.8 Å². The quantitative estimate of drug-likeness (QED) is 0.0195.